The molecular weight excluding hydrogens is 569 g/mol. The fourth-order valence-corrected chi connectivity index (χ4v) is 7.16. The molecule has 0 aromatic heterocycles. The molecular formula is C45H84N2. The Labute approximate surface area is 296 Å². The lowest BCUT2D eigenvalue weighted by molar-refractivity contribution is 0.195. The Bertz CT molecular complexity index is 691. The van der Waals surface area contributed by atoms with Crippen LogP contribution in [0.5, 0.6) is 0 Å². The Hall–Kier alpha value is -1.12. The largest absolute Gasteiger partial charge is 0.311 e. The quantitative estimate of drug-likeness (QED) is 0.0560. The first-order chi connectivity index (χ1) is 23.2. The number of hydrogen-bond donors (Lipinski definition) is 1. The van der Waals surface area contributed by atoms with Crippen molar-refractivity contribution < 1.29 is 0 Å². The Morgan fingerprint density at radius 3 is 1.21 bits per heavy atom. The number of rotatable bonds is 33. The van der Waals surface area contributed by atoms with Crippen LogP contribution in [0.4, 0.5) is 0 Å². The zero-order valence-corrected chi connectivity index (χ0v) is 32.5. The zero-order valence-electron chi connectivity index (χ0n) is 32.5. The number of unbranched alkanes of at least 4 members (excludes halogenated alkanes) is 18. The van der Waals surface area contributed by atoms with E-state index in [1.54, 1.807) is 0 Å². The molecule has 274 valence electrons. The first-order valence-electron chi connectivity index (χ1n) is 21.2. The summed E-state index contributed by atoms with van der Waals surface area (Å²) >= 11 is 0. The summed E-state index contributed by atoms with van der Waals surface area (Å²) < 4.78 is 0. The van der Waals surface area contributed by atoms with E-state index in [2.05, 4.69) is 86.8 Å². The molecule has 0 saturated heterocycles. The third-order valence-electron chi connectivity index (χ3n) is 10.4. The second kappa shape index (κ2) is 34.7. The molecule has 2 nitrogen and oxygen atoms in total. The van der Waals surface area contributed by atoms with Gasteiger partial charge < -0.3 is 10.2 Å². The number of nitrogens with one attached hydrogen (secondary N) is 1. The second-order valence-corrected chi connectivity index (χ2v) is 15.1. The van der Waals surface area contributed by atoms with E-state index in [-0.39, 0.29) is 0 Å². The van der Waals surface area contributed by atoms with Crippen molar-refractivity contribution in [3.8, 4) is 0 Å². The van der Waals surface area contributed by atoms with Gasteiger partial charge in [-0.05, 0) is 117 Å². The zero-order chi connectivity index (χ0) is 33.9. The molecule has 1 aliphatic carbocycles. The van der Waals surface area contributed by atoms with Gasteiger partial charge in [0.15, 0.2) is 0 Å². The lowest BCUT2D eigenvalue weighted by Gasteiger charge is -2.35. The average Bonchev–Trinajstić information content (AvgIpc) is 3.08. The van der Waals surface area contributed by atoms with E-state index in [1.807, 2.05) is 0 Å². The van der Waals surface area contributed by atoms with E-state index in [9.17, 15) is 0 Å². The number of nitrogens with zero attached hydrogens (tertiary/aromatic N) is 1. The van der Waals surface area contributed by atoms with Crippen LogP contribution in [-0.4, -0.2) is 37.1 Å². The summed E-state index contributed by atoms with van der Waals surface area (Å²) in [6.45, 7) is 4.55. The predicted molar refractivity (Wildman–Crippen MR) is 215 cm³/mol. The molecule has 0 atom stereocenters. The number of hydrogen-bond acceptors (Lipinski definition) is 2. The second-order valence-electron chi connectivity index (χ2n) is 15.1. The van der Waals surface area contributed by atoms with Crippen LogP contribution in [0.15, 0.2) is 48.6 Å². The molecule has 1 saturated carbocycles. The standard InChI is InChI=1S/C45H84N2/c1-5-7-9-11-13-15-17-19-21-23-25-27-29-31-33-35-37-43(46-44-39-41-45(42-40-44)47(3)4)38-36-34-32-30-28-26-24-22-20-18-16-14-12-10-8-6-2/h13-16,19-22,43-46H,5-12,17-18,23-42H2,1-4H3/b15-13-,16-14-,21-19-,22-20-. The van der Waals surface area contributed by atoms with Gasteiger partial charge in [0.25, 0.3) is 0 Å². The van der Waals surface area contributed by atoms with Gasteiger partial charge in [0.2, 0.25) is 0 Å². The predicted octanol–water partition coefficient (Wildman–Crippen LogP) is 14.2. The molecule has 0 aromatic carbocycles. The first kappa shape index (κ1) is 43.9. The SMILES string of the molecule is CCCCC/C=C\C/C=C\CCCCCCCCC(CCCCCCCC/C=C\C/C=C\CCCCC)NC1CCC(N(C)C)CC1. The average molecular weight is 653 g/mol. The highest BCUT2D eigenvalue weighted by Gasteiger charge is 2.24. The van der Waals surface area contributed by atoms with Crippen LogP contribution in [-0.2, 0) is 0 Å². The molecule has 0 spiro atoms. The third-order valence-corrected chi connectivity index (χ3v) is 10.4. The molecule has 47 heavy (non-hydrogen) atoms. The van der Waals surface area contributed by atoms with Gasteiger partial charge in [0.1, 0.15) is 0 Å². The lowest BCUT2D eigenvalue weighted by Crippen LogP contribution is -2.43. The maximum Gasteiger partial charge on any atom is 0.00903 e. The molecule has 0 bridgehead atoms. The smallest absolute Gasteiger partial charge is 0.00903 e. The van der Waals surface area contributed by atoms with Gasteiger partial charge in [-0.2, -0.15) is 0 Å². The van der Waals surface area contributed by atoms with Gasteiger partial charge in [-0.3, -0.25) is 0 Å². The summed E-state index contributed by atoms with van der Waals surface area (Å²) in [4.78, 5) is 2.45. The molecule has 0 amide bonds. The van der Waals surface area contributed by atoms with E-state index in [0.717, 1.165) is 31.0 Å². The maximum atomic E-state index is 4.18. The molecule has 1 fully saturated rings. The summed E-state index contributed by atoms with van der Waals surface area (Å²) in [5.41, 5.74) is 0. The summed E-state index contributed by atoms with van der Waals surface area (Å²) in [7, 11) is 4.52. The molecule has 0 heterocycles. The molecule has 0 radical (unpaired) electrons. The molecule has 1 N–H and O–H groups in total. The Kier molecular flexibility index (Phi) is 32.4. The monoisotopic (exact) mass is 653 g/mol. The highest BCUT2D eigenvalue weighted by atomic mass is 15.1. The number of allylic oxidation sites excluding steroid dienone is 8. The van der Waals surface area contributed by atoms with E-state index in [1.165, 1.54) is 180 Å². The van der Waals surface area contributed by atoms with Crippen LogP contribution in [0.2, 0.25) is 0 Å². The Balaban J connectivity index is 2.15. The van der Waals surface area contributed by atoms with E-state index >= 15 is 0 Å². The topological polar surface area (TPSA) is 15.3 Å². The molecule has 0 aliphatic heterocycles. The molecule has 1 aliphatic rings. The summed E-state index contributed by atoms with van der Waals surface area (Å²) in [5, 5.41) is 4.18. The normalized spacial score (nSPS) is 17.7. The minimum atomic E-state index is 0.743. The molecule has 0 unspecified atom stereocenters. The minimum absolute atomic E-state index is 0.743. The van der Waals surface area contributed by atoms with Gasteiger partial charge in [-0.25, -0.2) is 0 Å². The van der Waals surface area contributed by atoms with Crippen molar-refractivity contribution >= 4 is 0 Å². The van der Waals surface area contributed by atoms with Crippen molar-refractivity contribution in [2.75, 3.05) is 14.1 Å². The third kappa shape index (κ3) is 29.5. The van der Waals surface area contributed by atoms with Crippen LogP contribution < -0.4 is 5.32 Å². The summed E-state index contributed by atoms with van der Waals surface area (Å²) in [5.74, 6) is 0. The fraction of sp³-hybridized carbons (Fsp3) is 0.822. The van der Waals surface area contributed by atoms with Gasteiger partial charge in [-0.15, -0.1) is 0 Å². The van der Waals surface area contributed by atoms with Crippen molar-refractivity contribution in [2.45, 2.75) is 225 Å². The van der Waals surface area contributed by atoms with Crippen LogP contribution in [0.3, 0.4) is 0 Å². The highest BCUT2D eigenvalue weighted by molar-refractivity contribution is 4.93. The first-order valence-corrected chi connectivity index (χ1v) is 21.2. The van der Waals surface area contributed by atoms with E-state index < -0.39 is 0 Å². The van der Waals surface area contributed by atoms with Crippen molar-refractivity contribution in [1.29, 1.82) is 0 Å². The van der Waals surface area contributed by atoms with Gasteiger partial charge in [0.05, 0.1) is 0 Å². The fourth-order valence-electron chi connectivity index (χ4n) is 7.16. The van der Waals surface area contributed by atoms with Crippen molar-refractivity contribution in [1.82, 2.24) is 10.2 Å². The summed E-state index contributed by atoms with van der Waals surface area (Å²) in [6, 6.07) is 2.30. The molecule has 2 heteroatoms. The van der Waals surface area contributed by atoms with Crippen LogP contribution >= 0.6 is 0 Å². The van der Waals surface area contributed by atoms with Gasteiger partial charge in [0, 0.05) is 18.1 Å². The van der Waals surface area contributed by atoms with E-state index in [0.29, 0.717) is 0 Å². The van der Waals surface area contributed by atoms with Crippen LogP contribution in [0.25, 0.3) is 0 Å². The van der Waals surface area contributed by atoms with Gasteiger partial charge >= 0.3 is 0 Å². The molecule has 1 rings (SSSR count). The lowest BCUT2D eigenvalue weighted by atomic mass is 9.89. The van der Waals surface area contributed by atoms with Crippen LogP contribution in [0, 0.1) is 0 Å². The summed E-state index contributed by atoms with van der Waals surface area (Å²) in [6.07, 6.45) is 59.5. The van der Waals surface area contributed by atoms with Crippen molar-refractivity contribution in [3.63, 3.8) is 0 Å². The van der Waals surface area contributed by atoms with Crippen molar-refractivity contribution in [3.05, 3.63) is 48.6 Å². The van der Waals surface area contributed by atoms with Crippen molar-refractivity contribution in [2.24, 2.45) is 0 Å². The highest BCUT2D eigenvalue weighted by Crippen LogP contribution is 2.24. The van der Waals surface area contributed by atoms with E-state index in [4.69, 9.17) is 0 Å². The Morgan fingerprint density at radius 2 is 0.830 bits per heavy atom. The molecule has 0 aromatic rings. The van der Waals surface area contributed by atoms with Crippen LogP contribution in [0.1, 0.15) is 206 Å². The Morgan fingerprint density at radius 1 is 0.468 bits per heavy atom. The maximum absolute atomic E-state index is 4.18. The minimum Gasteiger partial charge on any atom is -0.311 e. The van der Waals surface area contributed by atoms with Gasteiger partial charge in [-0.1, -0.05) is 152 Å².